The number of para-hydroxylation sites is 1. The zero-order valence-electron chi connectivity index (χ0n) is 9.63. The van der Waals surface area contributed by atoms with Gasteiger partial charge in [-0.1, -0.05) is 29.8 Å². The van der Waals surface area contributed by atoms with E-state index in [1.807, 2.05) is 18.2 Å². The summed E-state index contributed by atoms with van der Waals surface area (Å²) in [6.07, 6.45) is 0. The molecule has 0 saturated carbocycles. The third-order valence-corrected chi connectivity index (χ3v) is 2.98. The Balaban J connectivity index is 2.46. The van der Waals surface area contributed by atoms with Crippen molar-refractivity contribution in [3.8, 4) is 0 Å². The number of benzene rings is 2. The number of hydrogen-bond donors (Lipinski definition) is 0. The van der Waals surface area contributed by atoms with Crippen LogP contribution in [0.4, 0.5) is 16.2 Å². The minimum atomic E-state index is -0.572. The van der Waals surface area contributed by atoms with Gasteiger partial charge in [-0.2, -0.15) is 0 Å². The highest BCUT2D eigenvalue weighted by Crippen LogP contribution is 2.28. The van der Waals surface area contributed by atoms with Crippen LogP contribution in [0.1, 0.15) is 0 Å². The molecule has 0 spiro atoms. The first-order valence-electron chi connectivity index (χ1n) is 5.36. The Kier molecular flexibility index (Phi) is 4.53. The molecule has 2 rings (SSSR count). The summed E-state index contributed by atoms with van der Waals surface area (Å²) in [5.41, 5.74) is 1.27. The van der Waals surface area contributed by atoms with E-state index in [-0.39, 0.29) is 0 Å². The van der Waals surface area contributed by atoms with Crippen LogP contribution in [0, 0.1) is 0 Å². The van der Waals surface area contributed by atoms with E-state index < -0.39 is 6.03 Å². The van der Waals surface area contributed by atoms with Crippen LogP contribution >= 0.6 is 35.2 Å². The zero-order chi connectivity index (χ0) is 13.8. The molecule has 0 aliphatic heterocycles. The van der Waals surface area contributed by atoms with Crippen molar-refractivity contribution in [1.82, 2.24) is 3.94 Å². The number of urea groups is 1. The van der Waals surface area contributed by atoms with E-state index in [0.717, 1.165) is 0 Å². The number of carbonyl (C=O) groups excluding carboxylic acids is 1. The molecule has 98 valence electrons. The minimum Gasteiger partial charge on any atom is -0.261 e. The largest absolute Gasteiger partial charge is 0.359 e. The van der Waals surface area contributed by atoms with Gasteiger partial charge < -0.3 is 0 Å². The fraction of sp³-hybridized carbons (Fsp3) is 0. The molecule has 6 heteroatoms. The van der Waals surface area contributed by atoms with Crippen LogP contribution in [-0.2, 0) is 0 Å². The summed E-state index contributed by atoms with van der Waals surface area (Å²) in [6.45, 7) is 0. The van der Waals surface area contributed by atoms with Gasteiger partial charge in [-0.25, -0.2) is 4.79 Å². The molecule has 2 amide bonds. The van der Waals surface area contributed by atoms with Crippen molar-refractivity contribution in [3.63, 3.8) is 0 Å². The van der Waals surface area contributed by atoms with E-state index in [1.54, 1.807) is 36.4 Å². The van der Waals surface area contributed by atoms with Gasteiger partial charge in [-0.05, 0) is 36.4 Å². The van der Waals surface area contributed by atoms with Gasteiger partial charge in [-0.15, -0.1) is 3.94 Å². The first kappa shape index (κ1) is 14.0. The Hall–Kier alpha value is -1.42. The maximum Gasteiger partial charge on any atom is 0.359 e. The van der Waals surface area contributed by atoms with E-state index in [9.17, 15) is 4.79 Å². The van der Waals surface area contributed by atoms with Gasteiger partial charge in [0.25, 0.3) is 0 Å². The Morgan fingerprint density at radius 1 is 0.842 bits per heavy atom. The maximum absolute atomic E-state index is 12.1. The molecule has 2 aromatic rings. The summed E-state index contributed by atoms with van der Waals surface area (Å²) < 4.78 is 0.488. The lowest BCUT2D eigenvalue weighted by Crippen LogP contribution is -2.30. The summed E-state index contributed by atoms with van der Waals surface area (Å²) in [4.78, 5) is 13.5. The Morgan fingerprint density at radius 2 is 1.37 bits per heavy atom. The number of halogens is 3. The van der Waals surface area contributed by atoms with Gasteiger partial charge in [0.15, 0.2) is 0 Å². The molecule has 0 aliphatic rings. The van der Waals surface area contributed by atoms with Gasteiger partial charge in [0, 0.05) is 28.6 Å². The Bertz CT molecular complexity index is 558. The zero-order valence-corrected chi connectivity index (χ0v) is 11.9. The summed E-state index contributed by atoms with van der Waals surface area (Å²) >= 11 is 16.9. The van der Waals surface area contributed by atoms with Crippen molar-refractivity contribution in [2.45, 2.75) is 0 Å². The molecule has 0 unspecified atom stereocenters. The molecule has 0 aromatic heterocycles. The van der Waals surface area contributed by atoms with Crippen molar-refractivity contribution < 1.29 is 4.79 Å². The molecular formula is C13H9Cl3N2O. The molecule has 0 atom stereocenters. The standard InChI is InChI=1S/C13H9Cl3N2O/c14-10-6-8-12(9-7-10)17(13(19)18(15)16)11-4-2-1-3-5-11/h1-9H. The summed E-state index contributed by atoms with van der Waals surface area (Å²) in [5, 5.41) is 0.581. The minimum absolute atomic E-state index is 0.488. The fourth-order valence-electron chi connectivity index (χ4n) is 1.61. The fourth-order valence-corrected chi connectivity index (χ4v) is 1.89. The van der Waals surface area contributed by atoms with Crippen molar-refractivity contribution in [2.24, 2.45) is 0 Å². The average molecular weight is 316 g/mol. The molecule has 0 heterocycles. The highest BCUT2D eigenvalue weighted by Gasteiger charge is 2.22. The highest BCUT2D eigenvalue weighted by atomic mass is 35.5. The molecular weight excluding hydrogens is 307 g/mol. The van der Waals surface area contributed by atoms with Crippen LogP contribution < -0.4 is 4.90 Å². The van der Waals surface area contributed by atoms with Gasteiger partial charge in [0.05, 0.1) is 11.4 Å². The van der Waals surface area contributed by atoms with Crippen LogP contribution in [0.25, 0.3) is 0 Å². The van der Waals surface area contributed by atoms with E-state index >= 15 is 0 Å². The monoisotopic (exact) mass is 314 g/mol. The van der Waals surface area contributed by atoms with Gasteiger partial charge in [0.2, 0.25) is 0 Å². The van der Waals surface area contributed by atoms with Crippen molar-refractivity contribution in [1.29, 1.82) is 0 Å². The number of rotatable bonds is 2. The smallest absolute Gasteiger partial charge is 0.261 e. The molecule has 0 N–H and O–H groups in total. The Morgan fingerprint density at radius 3 is 1.89 bits per heavy atom. The van der Waals surface area contributed by atoms with E-state index in [1.165, 1.54) is 4.90 Å². The topological polar surface area (TPSA) is 23.6 Å². The molecule has 0 saturated heterocycles. The third-order valence-electron chi connectivity index (χ3n) is 2.44. The van der Waals surface area contributed by atoms with E-state index in [4.69, 9.17) is 35.2 Å². The molecule has 0 bridgehead atoms. The second-order valence-corrected chi connectivity index (χ2v) is 4.95. The van der Waals surface area contributed by atoms with E-state index in [2.05, 4.69) is 0 Å². The van der Waals surface area contributed by atoms with Gasteiger partial charge >= 0.3 is 6.03 Å². The molecule has 0 aliphatic carbocycles. The average Bonchev–Trinajstić information content (AvgIpc) is 2.42. The molecule has 19 heavy (non-hydrogen) atoms. The lowest BCUT2D eigenvalue weighted by molar-refractivity contribution is 0.244. The lowest BCUT2D eigenvalue weighted by Gasteiger charge is -2.23. The first-order chi connectivity index (χ1) is 9.09. The second kappa shape index (κ2) is 6.15. The summed E-state index contributed by atoms with van der Waals surface area (Å²) in [6, 6.07) is 15.3. The SMILES string of the molecule is O=C(N(Cl)Cl)N(c1ccccc1)c1ccc(Cl)cc1. The van der Waals surface area contributed by atoms with Crippen LogP contribution in [0.5, 0.6) is 0 Å². The van der Waals surface area contributed by atoms with Gasteiger partial charge in [-0.3, -0.25) is 4.90 Å². The Labute approximate surface area is 126 Å². The number of anilines is 2. The van der Waals surface area contributed by atoms with Crippen LogP contribution in [-0.4, -0.2) is 9.97 Å². The maximum atomic E-state index is 12.1. The molecule has 0 fully saturated rings. The van der Waals surface area contributed by atoms with Crippen LogP contribution in [0.2, 0.25) is 5.02 Å². The molecule has 3 nitrogen and oxygen atoms in total. The van der Waals surface area contributed by atoms with Crippen LogP contribution in [0.15, 0.2) is 54.6 Å². The first-order valence-corrected chi connectivity index (χ1v) is 6.41. The lowest BCUT2D eigenvalue weighted by atomic mass is 10.2. The van der Waals surface area contributed by atoms with Crippen LogP contribution in [0.3, 0.4) is 0 Å². The predicted molar refractivity (Wildman–Crippen MR) is 79.0 cm³/mol. The van der Waals surface area contributed by atoms with Crippen molar-refractivity contribution in [3.05, 3.63) is 59.6 Å². The molecule has 0 radical (unpaired) electrons. The normalized spacial score (nSPS) is 10.1. The van der Waals surface area contributed by atoms with E-state index in [0.29, 0.717) is 20.3 Å². The summed E-state index contributed by atoms with van der Waals surface area (Å²) in [5.74, 6) is 0. The second-order valence-electron chi connectivity index (χ2n) is 3.66. The molecule has 2 aromatic carbocycles. The number of amides is 2. The highest BCUT2D eigenvalue weighted by molar-refractivity contribution is 6.43. The van der Waals surface area contributed by atoms with Crippen molar-refractivity contribution >= 4 is 52.6 Å². The number of hydrogen-bond acceptors (Lipinski definition) is 1. The van der Waals surface area contributed by atoms with Gasteiger partial charge in [0.1, 0.15) is 0 Å². The summed E-state index contributed by atoms with van der Waals surface area (Å²) in [7, 11) is 0. The number of nitrogens with zero attached hydrogens (tertiary/aromatic N) is 2. The number of carbonyl (C=O) groups is 1. The quantitative estimate of drug-likeness (QED) is 0.698. The third kappa shape index (κ3) is 3.32. The predicted octanol–water partition coefficient (Wildman–Crippen LogP) is 5.21. The van der Waals surface area contributed by atoms with Crippen molar-refractivity contribution in [2.75, 3.05) is 4.90 Å².